The number of nitrogens with zero attached hydrogens (tertiary/aromatic N) is 1. The molecule has 0 aromatic rings. The average molecular weight is 227 g/mol. The van der Waals surface area contributed by atoms with Gasteiger partial charge in [-0.05, 0) is 26.2 Å². The molecule has 16 heavy (non-hydrogen) atoms. The van der Waals surface area contributed by atoms with Crippen molar-refractivity contribution in [3.8, 4) is 0 Å². The van der Waals surface area contributed by atoms with Crippen molar-refractivity contribution in [2.24, 2.45) is 0 Å². The Morgan fingerprint density at radius 1 is 1.38 bits per heavy atom. The van der Waals surface area contributed by atoms with E-state index < -0.39 is 11.5 Å². The van der Waals surface area contributed by atoms with E-state index in [1.165, 1.54) is 0 Å². The Morgan fingerprint density at radius 2 is 2.06 bits per heavy atom. The largest absolute Gasteiger partial charge is 0.480 e. The van der Waals surface area contributed by atoms with E-state index in [1.54, 1.807) is 11.8 Å². The first-order chi connectivity index (χ1) is 7.52. The predicted molar refractivity (Wildman–Crippen MR) is 61.1 cm³/mol. The van der Waals surface area contributed by atoms with Gasteiger partial charge in [-0.15, -0.1) is 0 Å². The highest BCUT2D eigenvalue weighted by Crippen LogP contribution is 2.30. The van der Waals surface area contributed by atoms with Gasteiger partial charge in [-0.1, -0.05) is 19.8 Å². The maximum atomic E-state index is 11.9. The SMILES string of the molecule is CCCCCC(=O)N1CCCC1(C)C(=O)O. The molecule has 0 spiro atoms. The number of rotatable bonds is 5. The Morgan fingerprint density at radius 3 is 2.62 bits per heavy atom. The van der Waals surface area contributed by atoms with E-state index in [2.05, 4.69) is 6.92 Å². The number of aliphatic carboxylic acids is 1. The Kier molecular flexibility index (Phi) is 4.33. The molecule has 1 rings (SSSR count). The van der Waals surface area contributed by atoms with Crippen LogP contribution >= 0.6 is 0 Å². The number of likely N-dealkylation sites (tertiary alicyclic amines) is 1. The summed E-state index contributed by atoms with van der Waals surface area (Å²) in [5.41, 5.74) is -0.969. The lowest BCUT2D eigenvalue weighted by molar-refractivity contribution is -0.155. The summed E-state index contributed by atoms with van der Waals surface area (Å²) in [6, 6.07) is 0. The molecule has 1 fully saturated rings. The van der Waals surface area contributed by atoms with Crippen LogP contribution in [-0.2, 0) is 9.59 Å². The fourth-order valence-electron chi connectivity index (χ4n) is 2.25. The van der Waals surface area contributed by atoms with Crippen LogP contribution in [0.3, 0.4) is 0 Å². The molecule has 1 aliphatic rings. The molecule has 1 aliphatic heterocycles. The summed E-state index contributed by atoms with van der Waals surface area (Å²) in [5, 5.41) is 9.17. The molecule has 0 aromatic heterocycles. The Bertz CT molecular complexity index is 277. The number of hydrogen-bond donors (Lipinski definition) is 1. The normalized spacial score (nSPS) is 24.8. The molecule has 0 saturated carbocycles. The second-order valence-electron chi connectivity index (χ2n) is 4.69. The summed E-state index contributed by atoms with van der Waals surface area (Å²) in [6.07, 6.45) is 4.81. The standard InChI is InChI=1S/C12H21NO3/c1-3-4-5-7-10(14)13-9-6-8-12(13,2)11(15)16/h3-9H2,1-2H3,(H,15,16). The van der Waals surface area contributed by atoms with Gasteiger partial charge in [0.15, 0.2) is 0 Å². The van der Waals surface area contributed by atoms with Crippen molar-refractivity contribution in [2.75, 3.05) is 6.54 Å². The van der Waals surface area contributed by atoms with Crippen LogP contribution in [0.25, 0.3) is 0 Å². The minimum absolute atomic E-state index is 0.00384. The number of carbonyl (C=O) groups excluding carboxylic acids is 1. The minimum Gasteiger partial charge on any atom is -0.480 e. The molecule has 1 heterocycles. The molecular weight excluding hydrogens is 206 g/mol. The van der Waals surface area contributed by atoms with Crippen molar-refractivity contribution in [2.45, 2.75) is 57.9 Å². The van der Waals surface area contributed by atoms with Crippen molar-refractivity contribution in [1.82, 2.24) is 4.90 Å². The highest BCUT2D eigenvalue weighted by atomic mass is 16.4. The topological polar surface area (TPSA) is 57.6 Å². The molecule has 0 aromatic carbocycles. The lowest BCUT2D eigenvalue weighted by Crippen LogP contribution is -2.50. The third-order valence-electron chi connectivity index (χ3n) is 3.40. The third-order valence-corrected chi connectivity index (χ3v) is 3.40. The maximum Gasteiger partial charge on any atom is 0.329 e. The average Bonchev–Trinajstić information content (AvgIpc) is 2.62. The van der Waals surface area contributed by atoms with Gasteiger partial charge in [0.25, 0.3) is 0 Å². The number of hydrogen-bond acceptors (Lipinski definition) is 2. The number of amides is 1. The van der Waals surface area contributed by atoms with E-state index >= 15 is 0 Å². The fourth-order valence-corrected chi connectivity index (χ4v) is 2.25. The van der Waals surface area contributed by atoms with Gasteiger partial charge in [-0.2, -0.15) is 0 Å². The smallest absolute Gasteiger partial charge is 0.329 e. The maximum absolute atomic E-state index is 11.9. The molecule has 92 valence electrons. The molecule has 1 saturated heterocycles. The van der Waals surface area contributed by atoms with Gasteiger partial charge < -0.3 is 10.0 Å². The van der Waals surface area contributed by atoms with Gasteiger partial charge in [0.1, 0.15) is 5.54 Å². The van der Waals surface area contributed by atoms with Crippen molar-refractivity contribution in [1.29, 1.82) is 0 Å². The Labute approximate surface area is 96.6 Å². The zero-order chi connectivity index (χ0) is 12.2. The van der Waals surface area contributed by atoms with Crippen LogP contribution in [-0.4, -0.2) is 34.0 Å². The first kappa shape index (κ1) is 13.0. The molecule has 1 N–H and O–H groups in total. The number of carbonyl (C=O) groups is 2. The summed E-state index contributed by atoms with van der Waals surface area (Å²) in [5.74, 6) is -0.885. The molecule has 4 heteroatoms. The van der Waals surface area contributed by atoms with E-state index in [-0.39, 0.29) is 5.91 Å². The first-order valence-corrected chi connectivity index (χ1v) is 6.06. The van der Waals surface area contributed by atoms with E-state index in [9.17, 15) is 9.59 Å². The van der Waals surface area contributed by atoms with Crippen LogP contribution in [0.2, 0.25) is 0 Å². The molecule has 0 bridgehead atoms. The first-order valence-electron chi connectivity index (χ1n) is 6.06. The number of carboxylic acids is 1. The Hall–Kier alpha value is -1.06. The summed E-state index contributed by atoms with van der Waals surface area (Å²) in [7, 11) is 0. The van der Waals surface area contributed by atoms with Gasteiger partial charge in [0.05, 0.1) is 0 Å². The van der Waals surface area contributed by atoms with Crippen molar-refractivity contribution >= 4 is 11.9 Å². The van der Waals surface area contributed by atoms with Gasteiger partial charge >= 0.3 is 5.97 Å². The van der Waals surface area contributed by atoms with Crippen LogP contribution in [0.4, 0.5) is 0 Å². The highest BCUT2D eigenvalue weighted by molar-refractivity contribution is 5.87. The van der Waals surface area contributed by atoms with Crippen LogP contribution < -0.4 is 0 Å². The van der Waals surface area contributed by atoms with Crippen molar-refractivity contribution in [3.63, 3.8) is 0 Å². The lowest BCUT2D eigenvalue weighted by Gasteiger charge is -2.31. The second-order valence-corrected chi connectivity index (χ2v) is 4.69. The van der Waals surface area contributed by atoms with Gasteiger partial charge in [0.2, 0.25) is 5.91 Å². The molecule has 1 atom stereocenters. The summed E-state index contributed by atoms with van der Waals surface area (Å²) < 4.78 is 0. The summed E-state index contributed by atoms with van der Waals surface area (Å²) in [6.45, 7) is 4.33. The molecule has 1 unspecified atom stereocenters. The third kappa shape index (κ3) is 2.54. The monoisotopic (exact) mass is 227 g/mol. The molecule has 0 radical (unpaired) electrons. The molecular formula is C12H21NO3. The Balaban J connectivity index is 2.58. The fraction of sp³-hybridized carbons (Fsp3) is 0.833. The lowest BCUT2D eigenvalue weighted by atomic mass is 9.99. The highest BCUT2D eigenvalue weighted by Gasteiger charge is 2.45. The zero-order valence-corrected chi connectivity index (χ0v) is 10.2. The van der Waals surface area contributed by atoms with E-state index in [0.29, 0.717) is 19.4 Å². The minimum atomic E-state index is -0.969. The number of unbranched alkanes of at least 4 members (excludes halogenated alkanes) is 2. The van der Waals surface area contributed by atoms with Gasteiger partial charge in [-0.25, -0.2) is 4.79 Å². The molecule has 4 nitrogen and oxygen atoms in total. The summed E-state index contributed by atoms with van der Waals surface area (Å²) in [4.78, 5) is 24.6. The van der Waals surface area contributed by atoms with Crippen molar-refractivity contribution < 1.29 is 14.7 Å². The van der Waals surface area contributed by atoms with Crippen LogP contribution in [0.1, 0.15) is 52.4 Å². The van der Waals surface area contributed by atoms with E-state index in [1.807, 2.05) is 0 Å². The quantitative estimate of drug-likeness (QED) is 0.731. The van der Waals surface area contributed by atoms with Crippen LogP contribution in [0.5, 0.6) is 0 Å². The molecule has 0 aliphatic carbocycles. The molecule has 1 amide bonds. The van der Waals surface area contributed by atoms with Crippen LogP contribution in [0, 0.1) is 0 Å². The van der Waals surface area contributed by atoms with Crippen LogP contribution in [0.15, 0.2) is 0 Å². The van der Waals surface area contributed by atoms with E-state index in [4.69, 9.17) is 5.11 Å². The number of carboxylic acid groups (broad SMARTS) is 1. The van der Waals surface area contributed by atoms with E-state index in [0.717, 1.165) is 25.7 Å². The summed E-state index contributed by atoms with van der Waals surface area (Å²) >= 11 is 0. The zero-order valence-electron chi connectivity index (χ0n) is 10.2. The second kappa shape index (κ2) is 5.32. The van der Waals surface area contributed by atoms with Gasteiger partial charge in [0, 0.05) is 13.0 Å². The predicted octanol–water partition coefficient (Wildman–Crippen LogP) is 2.03. The van der Waals surface area contributed by atoms with Crippen molar-refractivity contribution in [3.05, 3.63) is 0 Å². The van der Waals surface area contributed by atoms with Gasteiger partial charge in [-0.3, -0.25) is 4.79 Å².